The average Bonchev–Trinajstić information content (AvgIpc) is 3.01. The van der Waals surface area contributed by atoms with E-state index in [0.717, 1.165) is 5.56 Å². The maximum atomic E-state index is 11.3. The van der Waals surface area contributed by atoms with Crippen molar-refractivity contribution in [3.8, 4) is 0 Å². The number of primary sulfonamides is 1. The van der Waals surface area contributed by atoms with Crippen molar-refractivity contribution in [2.45, 2.75) is 10.4 Å². The summed E-state index contributed by atoms with van der Waals surface area (Å²) in [6, 6.07) is 13.0. The molecular formula is C16H14ClN3O3S. The predicted molar refractivity (Wildman–Crippen MR) is 90.9 cm³/mol. The smallest absolute Gasteiger partial charge is 0.238 e. The summed E-state index contributed by atoms with van der Waals surface area (Å²) < 4.78 is 22.7. The number of aliphatic hydroxyl groups is 1. The molecule has 0 saturated heterocycles. The molecular weight excluding hydrogens is 350 g/mol. The van der Waals surface area contributed by atoms with E-state index in [-0.39, 0.29) is 11.5 Å². The van der Waals surface area contributed by atoms with Crippen LogP contribution in [0.15, 0.2) is 69.7 Å². The van der Waals surface area contributed by atoms with Crippen molar-refractivity contribution in [1.29, 1.82) is 0 Å². The third-order valence-corrected chi connectivity index (χ3v) is 4.96. The summed E-state index contributed by atoms with van der Waals surface area (Å²) in [7, 11) is -3.77. The molecule has 2 aromatic rings. The molecule has 1 unspecified atom stereocenters. The van der Waals surface area contributed by atoms with E-state index in [9.17, 15) is 13.5 Å². The molecule has 2 aromatic carbocycles. The molecule has 0 saturated carbocycles. The first kappa shape index (κ1) is 16.8. The molecule has 0 spiro atoms. The Bertz CT molecular complexity index is 922. The zero-order chi connectivity index (χ0) is 17.4. The van der Waals surface area contributed by atoms with Gasteiger partial charge >= 0.3 is 0 Å². The van der Waals surface area contributed by atoms with Gasteiger partial charge in [-0.05, 0) is 35.9 Å². The van der Waals surface area contributed by atoms with E-state index >= 15 is 0 Å². The number of benzene rings is 2. The Labute approximate surface area is 144 Å². The first-order chi connectivity index (χ1) is 11.3. The summed E-state index contributed by atoms with van der Waals surface area (Å²) in [6.07, 6.45) is 1.74. The van der Waals surface area contributed by atoms with E-state index in [1.165, 1.54) is 12.1 Å². The van der Waals surface area contributed by atoms with Crippen LogP contribution in [0.1, 0.15) is 11.1 Å². The third-order valence-electron chi connectivity index (χ3n) is 3.78. The fraction of sp³-hybridized carbons (Fsp3) is 0.125. The second-order valence-corrected chi connectivity index (χ2v) is 7.39. The molecule has 0 aromatic heterocycles. The van der Waals surface area contributed by atoms with E-state index in [1.807, 2.05) is 12.1 Å². The number of sulfonamides is 1. The molecule has 0 bridgehead atoms. The summed E-state index contributed by atoms with van der Waals surface area (Å²) in [5.41, 5.74) is 0.993. The fourth-order valence-electron chi connectivity index (χ4n) is 2.43. The molecule has 0 fully saturated rings. The minimum absolute atomic E-state index is 0.00354. The number of rotatable bonds is 4. The fourth-order valence-corrected chi connectivity index (χ4v) is 3.07. The lowest BCUT2D eigenvalue weighted by Gasteiger charge is -2.20. The monoisotopic (exact) mass is 363 g/mol. The molecule has 24 heavy (non-hydrogen) atoms. The topological polar surface area (TPSA) is 105 Å². The van der Waals surface area contributed by atoms with Crippen LogP contribution in [0.5, 0.6) is 0 Å². The molecule has 124 valence electrons. The Morgan fingerprint density at radius 3 is 2.25 bits per heavy atom. The van der Waals surface area contributed by atoms with Crippen LogP contribution in [0.3, 0.4) is 0 Å². The van der Waals surface area contributed by atoms with Crippen LogP contribution >= 0.6 is 11.6 Å². The van der Waals surface area contributed by atoms with E-state index in [2.05, 4.69) is 10.2 Å². The van der Waals surface area contributed by atoms with Crippen molar-refractivity contribution in [2.24, 2.45) is 15.4 Å². The Kier molecular flexibility index (Phi) is 4.27. The number of hydrogen-bond acceptors (Lipinski definition) is 5. The van der Waals surface area contributed by atoms with Gasteiger partial charge in [-0.15, -0.1) is 0 Å². The molecule has 3 N–H and O–H groups in total. The largest absolute Gasteiger partial charge is 0.393 e. The van der Waals surface area contributed by atoms with Crippen LogP contribution in [0.2, 0.25) is 5.02 Å². The maximum absolute atomic E-state index is 11.3. The highest BCUT2D eigenvalue weighted by atomic mass is 35.5. The lowest BCUT2D eigenvalue weighted by molar-refractivity contribution is 0.228. The van der Waals surface area contributed by atoms with Gasteiger partial charge in [-0.2, -0.15) is 10.2 Å². The van der Waals surface area contributed by atoms with Crippen molar-refractivity contribution < 1.29 is 13.5 Å². The van der Waals surface area contributed by atoms with Crippen molar-refractivity contribution in [3.63, 3.8) is 0 Å². The van der Waals surface area contributed by atoms with Crippen LogP contribution in [-0.2, 0) is 15.6 Å². The van der Waals surface area contributed by atoms with Crippen LogP contribution in [-0.4, -0.2) is 20.1 Å². The summed E-state index contributed by atoms with van der Waals surface area (Å²) in [5, 5.41) is 23.9. The maximum Gasteiger partial charge on any atom is 0.238 e. The van der Waals surface area contributed by atoms with Crippen molar-refractivity contribution in [3.05, 3.63) is 70.8 Å². The van der Waals surface area contributed by atoms with Crippen molar-refractivity contribution >= 4 is 27.3 Å². The molecule has 8 heteroatoms. The van der Waals surface area contributed by atoms with Gasteiger partial charge in [-0.25, -0.2) is 13.6 Å². The molecule has 0 aliphatic carbocycles. The van der Waals surface area contributed by atoms with Crippen LogP contribution < -0.4 is 5.14 Å². The van der Waals surface area contributed by atoms with E-state index in [1.54, 1.807) is 30.3 Å². The standard InChI is InChI=1S/C16H14ClN3O3S/c17-13-5-1-11(2-6-13)15-9-16(10-21,20-19-15)12-3-7-14(8-4-12)24(18,22)23/h1-9,21H,10H2,(H2,18,22,23). The number of nitrogens with two attached hydrogens (primary N) is 1. The second kappa shape index (κ2) is 6.10. The Hall–Kier alpha value is -2.06. The van der Waals surface area contributed by atoms with Gasteiger partial charge in [0.05, 0.1) is 17.2 Å². The van der Waals surface area contributed by atoms with Gasteiger partial charge in [-0.3, -0.25) is 0 Å². The average molecular weight is 364 g/mol. The molecule has 6 nitrogen and oxygen atoms in total. The van der Waals surface area contributed by atoms with Gasteiger partial charge in [-0.1, -0.05) is 35.9 Å². The Morgan fingerprint density at radius 1 is 1.08 bits per heavy atom. The number of halogens is 1. The quantitative estimate of drug-likeness (QED) is 0.872. The van der Waals surface area contributed by atoms with Gasteiger partial charge in [0.15, 0.2) is 5.54 Å². The molecule has 0 radical (unpaired) electrons. The number of azo groups is 1. The second-order valence-electron chi connectivity index (χ2n) is 5.39. The van der Waals surface area contributed by atoms with Crippen molar-refractivity contribution in [2.75, 3.05) is 6.61 Å². The highest BCUT2D eigenvalue weighted by molar-refractivity contribution is 7.89. The first-order valence-electron chi connectivity index (χ1n) is 7.00. The summed E-state index contributed by atoms with van der Waals surface area (Å²) in [5.74, 6) is 0. The minimum atomic E-state index is -3.77. The predicted octanol–water partition coefficient (Wildman–Crippen LogP) is 2.68. The van der Waals surface area contributed by atoms with Gasteiger partial charge in [0.1, 0.15) is 0 Å². The summed E-state index contributed by atoms with van der Waals surface area (Å²) in [6.45, 7) is -0.303. The molecule has 1 aliphatic rings. The Morgan fingerprint density at radius 2 is 1.71 bits per heavy atom. The number of aliphatic hydroxyl groups excluding tert-OH is 1. The first-order valence-corrected chi connectivity index (χ1v) is 8.92. The lowest BCUT2D eigenvalue weighted by Crippen LogP contribution is -2.24. The zero-order valence-electron chi connectivity index (χ0n) is 12.4. The van der Waals surface area contributed by atoms with E-state index in [4.69, 9.17) is 16.7 Å². The normalized spacial score (nSPS) is 20.2. The van der Waals surface area contributed by atoms with Gasteiger partial charge in [0, 0.05) is 10.6 Å². The van der Waals surface area contributed by atoms with Crippen molar-refractivity contribution in [1.82, 2.24) is 0 Å². The lowest BCUT2D eigenvalue weighted by atomic mass is 9.90. The van der Waals surface area contributed by atoms with Crippen LogP contribution in [0.4, 0.5) is 0 Å². The van der Waals surface area contributed by atoms with Crippen LogP contribution in [0.25, 0.3) is 5.70 Å². The molecule has 3 rings (SSSR count). The highest BCUT2D eigenvalue weighted by Crippen LogP contribution is 2.38. The minimum Gasteiger partial charge on any atom is -0.393 e. The molecule has 0 amide bonds. The van der Waals surface area contributed by atoms with E-state index in [0.29, 0.717) is 16.3 Å². The molecule has 1 atom stereocenters. The zero-order valence-corrected chi connectivity index (χ0v) is 14.0. The SMILES string of the molecule is NS(=O)(=O)c1ccc(C2(CO)C=C(c3ccc(Cl)cc3)N=N2)cc1. The summed E-state index contributed by atoms with van der Waals surface area (Å²) in [4.78, 5) is -0.00354. The Balaban J connectivity index is 1.99. The van der Waals surface area contributed by atoms with Crippen LogP contribution in [0, 0.1) is 0 Å². The number of hydrogen-bond donors (Lipinski definition) is 2. The number of nitrogens with zero attached hydrogens (tertiary/aromatic N) is 2. The van der Waals surface area contributed by atoms with Gasteiger partial charge < -0.3 is 5.11 Å². The van der Waals surface area contributed by atoms with Gasteiger partial charge in [0.25, 0.3) is 0 Å². The molecule has 1 heterocycles. The summed E-state index contributed by atoms with van der Waals surface area (Å²) >= 11 is 5.88. The van der Waals surface area contributed by atoms with Gasteiger partial charge in [0.2, 0.25) is 10.0 Å². The highest BCUT2D eigenvalue weighted by Gasteiger charge is 2.34. The third kappa shape index (κ3) is 3.11. The molecule has 1 aliphatic heterocycles. The van der Waals surface area contributed by atoms with E-state index < -0.39 is 15.6 Å².